The lowest BCUT2D eigenvalue weighted by Crippen LogP contribution is -2.45. The highest BCUT2D eigenvalue weighted by Crippen LogP contribution is 2.40. The number of aromatic amines is 1. The second kappa shape index (κ2) is 4.80. The van der Waals surface area contributed by atoms with Gasteiger partial charge in [0.25, 0.3) is 5.56 Å². The lowest BCUT2D eigenvalue weighted by molar-refractivity contribution is -0.0622. The molecule has 3 N–H and O–H groups in total. The van der Waals surface area contributed by atoms with Crippen molar-refractivity contribution >= 4 is 0 Å². The molecule has 0 unspecified atom stereocenters. The second-order valence-corrected chi connectivity index (χ2v) is 4.68. The molecule has 0 saturated carbocycles. The van der Waals surface area contributed by atoms with Gasteiger partial charge < -0.3 is 14.9 Å². The molecule has 4 atom stereocenters. The summed E-state index contributed by atoms with van der Waals surface area (Å²) in [6, 6.07) is 0. The van der Waals surface area contributed by atoms with E-state index in [1.54, 1.807) is 0 Å². The number of ether oxygens (including phenoxy) is 1. The SMILES string of the molecule is [2H]C([2H])(O)[C@@]1([2H])O[C@@H](n2c(C)c(C)c(=O)[nH]c2=O)[C@](C)(F)[C@]1([2H])O. The van der Waals surface area contributed by atoms with Gasteiger partial charge in [-0.05, 0) is 20.8 Å². The Morgan fingerprint density at radius 2 is 2.20 bits per heavy atom. The van der Waals surface area contributed by atoms with Crippen molar-refractivity contribution in [2.24, 2.45) is 0 Å². The third kappa shape index (κ3) is 2.00. The summed E-state index contributed by atoms with van der Waals surface area (Å²) in [5.41, 5.74) is -5.07. The summed E-state index contributed by atoms with van der Waals surface area (Å²) >= 11 is 0. The minimum absolute atomic E-state index is 0.0250. The Bertz CT molecular complexity index is 800. The van der Waals surface area contributed by atoms with E-state index in [4.69, 9.17) is 10.2 Å². The number of hydrogen-bond donors (Lipinski definition) is 3. The maximum absolute atomic E-state index is 15.1. The number of nitrogens with zero attached hydrogens (tertiary/aromatic N) is 1. The fraction of sp³-hybridized carbons (Fsp3) is 0.667. The molecule has 0 radical (unpaired) electrons. The molecule has 0 spiro atoms. The molecular weight excluding hydrogens is 271 g/mol. The van der Waals surface area contributed by atoms with Gasteiger partial charge >= 0.3 is 5.69 Å². The van der Waals surface area contributed by atoms with Crippen LogP contribution in [0.2, 0.25) is 0 Å². The van der Waals surface area contributed by atoms with Gasteiger partial charge in [0.1, 0.15) is 12.2 Å². The van der Waals surface area contributed by atoms with Crippen molar-refractivity contribution in [3.8, 4) is 0 Å². The largest absolute Gasteiger partial charge is 0.394 e. The lowest BCUT2D eigenvalue weighted by atomic mass is 9.98. The molecule has 1 fully saturated rings. The molecule has 0 aromatic carbocycles. The second-order valence-electron chi connectivity index (χ2n) is 4.68. The van der Waals surface area contributed by atoms with Gasteiger partial charge in [0.2, 0.25) is 0 Å². The van der Waals surface area contributed by atoms with Crippen molar-refractivity contribution < 1.29 is 24.8 Å². The van der Waals surface area contributed by atoms with Crippen LogP contribution in [0.15, 0.2) is 9.59 Å². The van der Waals surface area contributed by atoms with Gasteiger partial charge in [0, 0.05) is 11.3 Å². The van der Waals surface area contributed by atoms with Crippen LogP contribution in [0, 0.1) is 13.8 Å². The van der Waals surface area contributed by atoms with E-state index >= 15 is 4.39 Å². The highest BCUT2D eigenvalue weighted by atomic mass is 19.1. The van der Waals surface area contributed by atoms with Crippen molar-refractivity contribution in [3.05, 3.63) is 32.1 Å². The third-order valence-corrected chi connectivity index (χ3v) is 3.39. The maximum atomic E-state index is 15.1. The Morgan fingerprint density at radius 3 is 2.70 bits per heavy atom. The summed E-state index contributed by atoms with van der Waals surface area (Å²) in [6.45, 7) is -0.369. The Kier molecular flexibility index (Phi) is 2.46. The van der Waals surface area contributed by atoms with E-state index in [1.807, 2.05) is 4.98 Å². The molecular formula is C12H17FN2O5. The van der Waals surface area contributed by atoms with E-state index in [0.29, 0.717) is 11.5 Å². The highest BCUT2D eigenvalue weighted by Gasteiger charge is 2.55. The summed E-state index contributed by atoms with van der Waals surface area (Å²) in [4.78, 5) is 25.5. The van der Waals surface area contributed by atoms with Crippen LogP contribution < -0.4 is 11.2 Å². The maximum Gasteiger partial charge on any atom is 0.330 e. The lowest BCUT2D eigenvalue weighted by Gasteiger charge is -2.26. The molecule has 1 aromatic rings. The van der Waals surface area contributed by atoms with Crippen molar-refractivity contribution in [2.45, 2.75) is 44.8 Å². The quantitative estimate of drug-likeness (QED) is 0.657. The summed E-state index contributed by atoms with van der Waals surface area (Å²) in [5, 5.41) is 19.6. The van der Waals surface area contributed by atoms with Gasteiger partial charge in [-0.2, -0.15) is 0 Å². The van der Waals surface area contributed by atoms with Gasteiger partial charge in [-0.1, -0.05) is 0 Å². The van der Waals surface area contributed by atoms with Gasteiger partial charge in [-0.15, -0.1) is 0 Å². The molecule has 20 heavy (non-hydrogen) atoms. The van der Waals surface area contributed by atoms with Crippen molar-refractivity contribution in [2.75, 3.05) is 6.56 Å². The summed E-state index contributed by atoms with van der Waals surface area (Å²) in [5.74, 6) is 0. The normalized spacial score (nSPS) is 44.6. The van der Waals surface area contributed by atoms with E-state index in [2.05, 4.69) is 0 Å². The molecule has 8 heteroatoms. The van der Waals surface area contributed by atoms with Crippen LogP contribution in [0.5, 0.6) is 0 Å². The van der Waals surface area contributed by atoms with E-state index in [-0.39, 0.29) is 11.3 Å². The molecule has 1 aromatic heterocycles. The highest BCUT2D eigenvalue weighted by molar-refractivity contribution is 5.16. The number of rotatable bonds is 2. The average Bonchev–Trinajstić information content (AvgIpc) is 2.55. The van der Waals surface area contributed by atoms with Crippen molar-refractivity contribution in [1.82, 2.24) is 9.55 Å². The molecule has 0 amide bonds. The fourth-order valence-corrected chi connectivity index (χ4v) is 2.02. The Hall–Kier alpha value is -1.51. The van der Waals surface area contributed by atoms with Gasteiger partial charge in [0.15, 0.2) is 11.9 Å². The number of H-pyrrole nitrogens is 1. The predicted octanol–water partition coefficient (Wildman–Crippen LogP) is -0.868. The number of hydrogen-bond acceptors (Lipinski definition) is 5. The molecule has 0 bridgehead atoms. The summed E-state index contributed by atoms with van der Waals surface area (Å²) in [7, 11) is 0. The third-order valence-electron chi connectivity index (χ3n) is 3.39. The van der Waals surface area contributed by atoms with Gasteiger partial charge in [0.05, 0.1) is 12.0 Å². The molecule has 2 heterocycles. The zero-order valence-corrected chi connectivity index (χ0v) is 11.0. The zero-order valence-electron chi connectivity index (χ0n) is 15.0. The Morgan fingerprint density at radius 1 is 1.60 bits per heavy atom. The number of halogens is 1. The summed E-state index contributed by atoms with van der Waals surface area (Å²) in [6.07, 6.45) is -9.16. The summed E-state index contributed by atoms with van der Waals surface area (Å²) < 4.78 is 50.5. The van der Waals surface area contributed by atoms with Crippen LogP contribution in [0.3, 0.4) is 0 Å². The van der Waals surface area contributed by atoms with Crippen molar-refractivity contribution in [1.29, 1.82) is 0 Å². The number of aromatic nitrogens is 2. The van der Waals surface area contributed by atoms with Gasteiger partial charge in [-0.25, -0.2) is 9.18 Å². The minimum atomic E-state index is -3.62. The topological polar surface area (TPSA) is 105 Å². The molecule has 1 aliphatic rings. The van der Waals surface area contributed by atoms with Crippen molar-refractivity contribution in [3.63, 3.8) is 0 Å². The monoisotopic (exact) mass is 292 g/mol. The van der Waals surface area contributed by atoms with E-state index in [0.717, 1.165) is 0 Å². The standard InChI is InChI=1S/C12H17FN2O5/c1-5-6(2)15(11(19)14-9(5)18)10-12(3,13)8(17)7(4-16)20-10/h7-8,10,16-17H,4H2,1-3H3,(H,14,18,19)/t7-,8-,10-,12-/m1/s1/i4D2,7D,8D. The number of aliphatic hydroxyl groups is 2. The van der Waals surface area contributed by atoms with Crippen LogP contribution in [-0.2, 0) is 4.74 Å². The molecule has 0 aliphatic carbocycles. The van der Waals surface area contributed by atoms with Crippen LogP contribution in [0.25, 0.3) is 0 Å². The van der Waals surface area contributed by atoms with Crippen LogP contribution in [0.1, 0.15) is 29.9 Å². The molecule has 1 saturated heterocycles. The van der Waals surface area contributed by atoms with Gasteiger partial charge in [-0.3, -0.25) is 14.3 Å². The first-order valence-corrected chi connectivity index (χ1v) is 5.73. The smallest absolute Gasteiger partial charge is 0.330 e. The van der Waals surface area contributed by atoms with Crippen LogP contribution in [0.4, 0.5) is 4.39 Å². The number of nitrogens with one attached hydrogen (secondary N) is 1. The fourth-order valence-electron chi connectivity index (χ4n) is 2.02. The predicted molar refractivity (Wildman–Crippen MR) is 67.3 cm³/mol. The Labute approximate surface area is 119 Å². The average molecular weight is 292 g/mol. The Balaban J connectivity index is 2.78. The molecule has 1 aliphatic heterocycles. The molecule has 7 nitrogen and oxygen atoms in total. The molecule has 112 valence electrons. The zero-order chi connectivity index (χ0) is 18.9. The first-order chi connectivity index (χ1) is 10.6. The van der Waals surface area contributed by atoms with E-state index in [1.165, 1.54) is 13.8 Å². The molecule has 2 rings (SSSR count). The minimum Gasteiger partial charge on any atom is -0.394 e. The van der Waals surface area contributed by atoms with Crippen LogP contribution in [-0.4, -0.2) is 44.2 Å². The van der Waals surface area contributed by atoms with E-state index in [9.17, 15) is 19.8 Å². The number of alkyl halides is 1. The first-order valence-electron chi connectivity index (χ1n) is 7.73. The first kappa shape index (κ1) is 10.3. The van der Waals surface area contributed by atoms with E-state index < -0.39 is 41.9 Å². The van der Waals surface area contributed by atoms with Crippen LogP contribution >= 0.6 is 0 Å².